The van der Waals surface area contributed by atoms with Gasteiger partial charge in [-0.15, -0.1) is 11.6 Å². The molecule has 2 rings (SSSR count). The fraction of sp³-hybridized carbons (Fsp3) is 0.250. The molecule has 2 aromatic carbocycles. The van der Waals surface area contributed by atoms with E-state index in [-0.39, 0.29) is 16.8 Å². The van der Waals surface area contributed by atoms with Gasteiger partial charge in [0.15, 0.2) is 0 Å². The number of hydrogen-bond acceptors (Lipinski definition) is 0. The minimum absolute atomic E-state index is 0.193. The maximum Gasteiger partial charge on any atom is 0.142 e. The topological polar surface area (TPSA) is 0 Å². The third kappa shape index (κ3) is 4.12. The van der Waals surface area contributed by atoms with Gasteiger partial charge >= 0.3 is 0 Å². The van der Waals surface area contributed by atoms with Gasteiger partial charge in [0.25, 0.3) is 0 Å². The molecule has 0 nitrogen and oxygen atoms in total. The van der Waals surface area contributed by atoms with Crippen molar-refractivity contribution in [2.75, 3.05) is 5.88 Å². The van der Waals surface area contributed by atoms with Gasteiger partial charge in [0.1, 0.15) is 5.82 Å². The number of hydrogen-bond donors (Lipinski definition) is 0. The Kier molecular flexibility index (Phi) is 5.71. The van der Waals surface area contributed by atoms with Crippen LogP contribution in [0.4, 0.5) is 4.39 Å². The van der Waals surface area contributed by atoms with Crippen LogP contribution in [-0.4, -0.2) is 5.88 Å². The second kappa shape index (κ2) is 7.31. The second-order valence-electron chi connectivity index (χ2n) is 4.77. The molecule has 0 aliphatic heterocycles. The summed E-state index contributed by atoms with van der Waals surface area (Å²) in [6.07, 6.45) is 1.47. The molecule has 1 atom stereocenters. The highest BCUT2D eigenvalue weighted by Gasteiger charge is 2.13. The van der Waals surface area contributed by atoms with E-state index in [1.807, 2.05) is 30.3 Å². The normalized spacial score (nSPS) is 12.4. The van der Waals surface area contributed by atoms with Crippen LogP contribution in [0.1, 0.15) is 11.1 Å². The summed E-state index contributed by atoms with van der Waals surface area (Å²) in [5, 5.41) is 0.906. The summed E-state index contributed by atoms with van der Waals surface area (Å²) in [6, 6.07) is 12.6. The molecule has 2 aromatic rings. The molecule has 0 aliphatic rings. The minimum Gasteiger partial charge on any atom is -0.205 e. The van der Waals surface area contributed by atoms with Crippen LogP contribution in [0.3, 0.4) is 0 Å². The third-order valence-corrected chi connectivity index (χ3v) is 4.31. The number of alkyl halides is 1. The van der Waals surface area contributed by atoms with Gasteiger partial charge in [-0.2, -0.15) is 0 Å². The van der Waals surface area contributed by atoms with Crippen molar-refractivity contribution in [1.82, 2.24) is 0 Å². The summed E-state index contributed by atoms with van der Waals surface area (Å²) in [7, 11) is 0. The van der Waals surface area contributed by atoms with Gasteiger partial charge in [0, 0.05) is 10.9 Å². The Labute approximate surface area is 133 Å². The Morgan fingerprint density at radius 1 is 0.950 bits per heavy atom. The van der Waals surface area contributed by atoms with E-state index in [9.17, 15) is 4.39 Å². The molecule has 0 amide bonds. The standard InChI is InChI=1S/C16H14Cl3F/c17-10-12(8-11-4-6-14(18)7-5-11)9-13-2-1-3-15(20)16(13)19/h1-7,12H,8-10H2. The summed E-state index contributed by atoms with van der Waals surface area (Å²) >= 11 is 17.9. The van der Waals surface area contributed by atoms with Gasteiger partial charge in [-0.25, -0.2) is 4.39 Å². The van der Waals surface area contributed by atoms with Crippen molar-refractivity contribution in [3.05, 3.63) is 69.5 Å². The summed E-state index contributed by atoms with van der Waals surface area (Å²) in [5.74, 6) is 0.316. The van der Waals surface area contributed by atoms with Crippen LogP contribution in [0.5, 0.6) is 0 Å². The zero-order valence-electron chi connectivity index (χ0n) is 10.8. The Balaban J connectivity index is 2.09. The fourth-order valence-corrected chi connectivity index (χ4v) is 2.70. The largest absolute Gasteiger partial charge is 0.205 e. The summed E-state index contributed by atoms with van der Waals surface area (Å²) in [5.41, 5.74) is 1.96. The minimum atomic E-state index is -0.385. The molecule has 0 aromatic heterocycles. The smallest absolute Gasteiger partial charge is 0.142 e. The average molecular weight is 332 g/mol. The van der Waals surface area contributed by atoms with Crippen LogP contribution < -0.4 is 0 Å². The monoisotopic (exact) mass is 330 g/mol. The van der Waals surface area contributed by atoms with Gasteiger partial charge in [-0.1, -0.05) is 47.5 Å². The molecule has 4 heteroatoms. The van der Waals surface area contributed by atoms with Gasteiger partial charge in [-0.3, -0.25) is 0 Å². The highest BCUT2D eigenvalue weighted by Crippen LogP contribution is 2.25. The maximum absolute atomic E-state index is 13.4. The Morgan fingerprint density at radius 3 is 2.30 bits per heavy atom. The predicted molar refractivity (Wildman–Crippen MR) is 84.5 cm³/mol. The van der Waals surface area contributed by atoms with E-state index in [1.165, 1.54) is 6.07 Å². The van der Waals surface area contributed by atoms with Crippen molar-refractivity contribution in [3.8, 4) is 0 Å². The van der Waals surface area contributed by atoms with Crippen molar-refractivity contribution >= 4 is 34.8 Å². The second-order valence-corrected chi connectivity index (χ2v) is 5.89. The van der Waals surface area contributed by atoms with E-state index >= 15 is 0 Å². The van der Waals surface area contributed by atoms with E-state index < -0.39 is 0 Å². The van der Waals surface area contributed by atoms with Crippen LogP contribution in [0.15, 0.2) is 42.5 Å². The van der Waals surface area contributed by atoms with Gasteiger partial charge in [0.2, 0.25) is 0 Å². The molecular weight excluding hydrogens is 318 g/mol. The van der Waals surface area contributed by atoms with E-state index in [0.29, 0.717) is 17.3 Å². The fourth-order valence-electron chi connectivity index (χ4n) is 2.15. The van der Waals surface area contributed by atoms with Crippen LogP contribution in [0.25, 0.3) is 0 Å². The summed E-state index contributed by atoms with van der Waals surface area (Å²) in [6.45, 7) is 0. The molecule has 0 bridgehead atoms. The molecule has 0 heterocycles. The first-order chi connectivity index (χ1) is 9.60. The third-order valence-electron chi connectivity index (χ3n) is 3.20. The Bertz CT molecular complexity index is 566. The molecule has 0 radical (unpaired) electrons. The number of rotatable bonds is 5. The quantitative estimate of drug-likeness (QED) is 0.610. The lowest BCUT2D eigenvalue weighted by molar-refractivity contribution is 0.577. The Morgan fingerprint density at radius 2 is 1.65 bits per heavy atom. The lowest BCUT2D eigenvalue weighted by Crippen LogP contribution is -2.10. The van der Waals surface area contributed by atoms with Gasteiger partial charge < -0.3 is 0 Å². The molecule has 0 spiro atoms. The van der Waals surface area contributed by atoms with Gasteiger partial charge in [0.05, 0.1) is 5.02 Å². The van der Waals surface area contributed by atoms with E-state index in [2.05, 4.69) is 0 Å². The van der Waals surface area contributed by atoms with Crippen molar-refractivity contribution in [2.45, 2.75) is 12.8 Å². The van der Waals surface area contributed by atoms with E-state index in [4.69, 9.17) is 34.8 Å². The Hall–Kier alpha value is -0.760. The molecule has 0 saturated heterocycles. The molecule has 0 fully saturated rings. The maximum atomic E-state index is 13.4. The number of benzene rings is 2. The van der Waals surface area contributed by atoms with Crippen LogP contribution in [-0.2, 0) is 12.8 Å². The summed E-state index contributed by atoms with van der Waals surface area (Å²) < 4.78 is 13.4. The average Bonchev–Trinajstić information content (AvgIpc) is 2.45. The molecule has 106 valence electrons. The first kappa shape index (κ1) is 15.6. The van der Waals surface area contributed by atoms with Crippen LogP contribution in [0, 0.1) is 11.7 Å². The van der Waals surface area contributed by atoms with E-state index in [0.717, 1.165) is 17.5 Å². The highest BCUT2D eigenvalue weighted by atomic mass is 35.5. The van der Waals surface area contributed by atoms with Crippen LogP contribution in [0.2, 0.25) is 10.0 Å². The lowest BCUT2D eigenvalue weighted by atomic mass is 9.94. The lowest BCUT2D eigenvalue weighted by Gasteiger charge is -2.15. The van der Waals surface area contributed by atoms with Crippen molar-refractivity contribution in [1.29, 1.82) is 0 Å². The van der Waals surface area contributed by atoms with Crippen LogP contribution >= 0.6 is 34.8 Å². The number of halogens is 4. The molecule has 20 heavy (non-hydrogen) atoms. The first-order valence-electron chi connectivity index (χ1n) is 6.33. The van der Waals surface area contributed by atoms with Crippen molar-refractivity contribution in [3.63, 3.8) is 0 Å². The predicted octanol–water partition coefficient (Wildman–Crippen LogP) is 5.77. The molecule has 0 saturated carbocycles. The van der Waals surface area contributed by atoms with Gasteiger partial charge in [-0.05, 0) is 48.1 Å². The summed E-state index contributed by atoms with van der Waals surface area (Å²) in [4.78, 5) is 0. The van der Waals surface area contributed by atoms with Crippen molar-refractivity contribution in [2.24, 2.45) is 5.92 Å². The highest BCUT2D eigenvalue weighted by molar-refractivity contribution is 6.31. The molecule has 0 N–H and O–H groups in total. The zero-order valence-corrected chi connectivity index (χ0v) is 13.0. The van der Waals surface area contributed by atoms with Crippen molar-refractivity contribution < 1.29 is 4.39 Å². The SMILES string of the molecule is Fc1cccc(CC(CCl)Cc2ccc(Cl)cc2)c1Cl. The molecule has 0 aliphatic carbocycles. The van der Waals surface area contributed by atoms with E-state index in [1.54, 1.807) is 6.07 Å². The molecule has 1 unspecified atom stereocenters. The zero-order chi connectivity index (χ0) is 14.5. The first-order valence-corrected chi connectivity index (χ1v) is 7.62. The molecular formula is C16H14Cl3F.